The lowest BCUT2D eigenvalue weighted by atomic mass is 9.98. The van der Waals surface area contributed by atoms with Crippen LogP contribution in [0.15, 0.2) is 55.1 Å². The Morgan fingerprint density at radius 3 is 2.39 bits per heavy atom. The number of esters is 1. The molecular weight excluding hydrogens is 292 g/mol. The van der Waals surface area contributed by atoms with Gasteiger partial charge in [0.15, 0.2) is 11.6 Å². The summed E-state index contributed by atoms with van der Waals surface area (Å²) >= 11 is 0. The minimum Gasteiger partial charge on any atom is -0.423 e. The molecule has 0 radical (unpaired) electrons. The second-order valence-corrected chi connectivity index (χ2v) is 5.09. The fourth-order valence-electron chi connectivity index (χ4n) is 2.10. The maximum atomic E-state index is 12.7. The third kappa shape index (κ3) is 3.80. The molecule has 0 aliphatic carbocycles. The molecule has 2 rings (SSSR count). The summed E-state index contributed by atoms with van der Waals surface area (Å²) in [5.41, 5.74) is 1.93. The van der Waals surface area contributed by atoms with Gasteiger partial charge < -0.3 is 4.74 Å². The van der Waals surface area contributed by atoms with Crippen LogP contribution < -0.4 is 4.74 Å². The molecule has 0 saturated heterocycles. The van der Waals surface area contributed by atoms with E-state index in [1.165, 1.54) is 13.0 Å². The van der Waals surface area contributed by atoms with E-state index >= 15 is 0 Å². The van der Waals surface area contributed by atoms with Crippen molar-refractivity contribution in [3.05, 3.63) is 77.4 Å². The highest BCUT2D eigenvalue weighted by atomic mass is 16.5. The van der Waals surface area contributed by atoms with E-state index in [0.717, 1.165) is 11.6 Å². The van der Waals surface area contributed by atoms with Crippen LogP contribution in [0.2, 0.25) is 0 Å². The molecule has 23 heavy (non-hydrogen) atoms. The number of benzene rings is 2. The van der Waals surface area contributed by atoms with Crippen molar-refractivity contribution in [1.29, 1.82) is 0 Å². The highest BCUT2D eigenvalue weighted by molar-refractivity contribution is 6.12. The van der Waals surface area contributed by atoms with Crippen LogP contribution in [0, 0.1) is 6.92 Å². The van der Waals surface area contributed by atoms with Crippen molar-refractivity contribution in [3.8, 4) is 5.75 Å². The number of hydrogen-bond acceptors (Lipinski definition) is 4. The van der Waals surface area contributed by atoms with Gasteiger partial charge in [-0.15, -0.1) is 0 Å². The molecule has 0 N–H and O–H groups in total. The average molecular weight is 308 g/mol. The summed E-state index contributed by atoms with van der Waals surface area (Å²) in [5, 5.41) is 0. The minimum absolute atomic E-state index is 0.123. The van der Waals surface area contributed by atoms with Gasteiger partial charge in [0.05, 0.1) is 5.56 Å². The van der Waals surface area contributed by atoms with Gasteiger partial charge in [0.25, 0.3) is 0 Å². The first kappa shape index (κ1) is 16.4. The molecule has 2 aromatic rings. The second kappa shape index (κ2) is 6.83. The van der Waals surface area contributed by atoms with Crippen molar-refractivity contribution in [3.63, 3.8) is 0 Å². The lowest BCUT2D eigenvalue weighted by Gasteiger charge is -2.10. The molecule has 0 aliphatic rings. The summed E-state index contributed by atoms with van der Waals surface area (Å²) in [6.07, 6.45) is 1.03. The van der Waals surface area contributed by atoms with Gasteiger partial charge >= 0.3 is 5.97 Å². The first-order valence-corrected chi connectivity index (χ1v) is 7.03. The summed E-state index contributed by atoms with van der Waals surface area (Å²) in [4.78, 5) is 35.6. The van der Waals surface area contributed by atoms with E-state index < -0.39 is 5.97 Å². The zero-order chi connectivity index (χ0) is 17.0. The zero-order valence-electron chi connectivity index (χ0n) is 13.0. The van der Waals surface area contributed by atoms with Crippen molar-refractivity contribution in [1.82, 2.24) is 0 Å². The summed E-state index contributed by atoms with van der Waals surface area (Å²) < 4.78 is 5.13. The molecule has 4 heteroatoms. The molecule has 0 amide bonds. The van der Waals surface area contributed by atoms with Gasteiger partial charge in [-0.05, 0) is 32.0 Å². The number of Topliss-reactive ketones (excluding diaryl/α,β-unsaturated/α-hetero) is 1. The number of carbonyl (C=O) groups excluding carboxylic acids is 3. The van der Waals surface area contributed by atoms with Crippen molar-refractivity contribution in [2.24, 2.45) is 0 Å². The summed E-state index contributed by atoms with van der Waals surface area (Å²) in [7, 11) is 0. The molecule has 0 atom stereocenters. The molecule has 0 unspecified atom stereocenters. The van der Waals surface area contributed by atoms with Gasteiger partial charge in [0.2, 0.25) is 0 Å². The Morgan fingerprint density at radius 2 is 1.74 bits per heavy atom. The normalized spacial score (nSPS) is 10.0. The van der Waals surface area contributed by atoms with E-state index in [9.17, 15) is 14.4 Å². The molecule has 0 fully saturated rings. The monoisotopic (exact) mass is 308 g/mol. The van der Waals surface area contributed by atoms with Crippen LogP contribution in [0.3, 0.4) is 0 Å². The summed E-state index contributed by atoms with van der Waals surface area (Å²) in [5.74, 6) is -0.912. The third-order valence-corrected chi connectivity index (χ3v) is 3.29. The fraction of sp³-hybridized carbons (Fsp3) is 0.105. The SMILES string of the molecule is C=CC(=O)Oc1ccc(C)cc1C(=O)c1cccc(C(C)=O)c1. The summed E-state index contributed by atoms with van der Waals surface area (Å²) in [6, 6.07) is 11.4. The Bertz CT molecular complexity index is 803. The van der Waals surface area contributed by atoms with Gasteiger partial charge in [-0.3, -0.25) is 9.59 Å². The molecular formula is C19H16O4. The Morgan fingerprint density at radius 1 is 1.04 bits per heavy atom. The predicted octanol–water partition coefficient (Wildman–Crippen LogP) is 3.52. The van der Waals surface area contributed by atoms with Crippen LogP contribution in [-0.2, 0) is 4.79 Å². The molecule has 0 bridgehead atoms. The minimum atomic E-state index is -0.639. The highest BCUT2D eigenvalue weighted by Gasteiger charge is 2.17. The van der Waals surface area contributed by atoms with E-state index in [0.29, 0.717) is 11.1 Å². The van der Waals surface area contributed by atoms with E-state index in [4.69, 9.17) is 4.74 Å². The van der Waals surface area contributed by atoms with Crippen molar-refractivity contribution >= 4 is 17.5 Å². The van der Waals surface area contributed by atoms with Crippen LogP contribution >= 0.6 is 0 Å². The first-order chi connectivity index (χ1) is 10.9. The van der Waals surface area contributed by atoms with Gasteiger partial charge in [-0.1, -0.05) is 36.4 Å². The Balaban J connectivity index is 2.48. The number of carbonyl (C=O) groups is 3. The lowest BCUT2D eigenvalue weighted by Crippen LogP contribution is -2.10. The molecule has 0 heterocycles. The zero-order valence-corrected chi connectivity index (χ0v) is 13.0. The second-order valence-electron chi connectivity index (χ2n) is 5.09. The molecule has 0 spiro atoms. The number of aryl methyl sites for hydroxylation is 1. The third-order valence-electron chi connectivity index (χ3n) is 3.29. The van der Waals surface area contributed by atoms with Gasteiger partial charge in [0.1, 0.15) is 5.75 Å². The van der Waals surface area contributed by atoms with Crippen LogP contribution in [0.4, 0.5) is 0 Å². The largest absolute Gasteiger partial charge is 0.423 e. The number of rotatable bonds is 5. The number of hydrogen-bond donors (Lipinski definition) is 0. The highest BCUT2D eigenvalue weighted by Crippen LogP contribution is 2.24. The van der Waals surface area contributed by atoms with E-state index in [-0.39, 0.29) is 22.9 Å². The van der Waals surface area contributed by atoms with Crippen LogP contribution in [0.5, 0.6) is 5.75 Å². The summed E-state index contributed by atoms with van der Waals surface area (Å²) in [6.45, 7) is 6.61. The van der Waals surface area contributed by atoms with Crippen molar-refractivity contribution in [2.45, 2.75) is 13.8 Å². The Kier molecular flexibility index (Phi) is 4.86. The Hall–Kier alpha value is -3.01. The van der Waals surface area contributed by atoms with Gasteiger partial charge in [-0.25, -0.2) is 4.79 Å². The Labute approximate surface area is 134 Å². The fourth-order valence-corrected chi connectivity index (χ4v) is 2.10. The van der Waals surface area contributed by atoms with Gasteiger partial charge in [0, 0.05) is 17.2 Å². The average Bonchev–Trinajstić information content (AvgIpc) is 2.55. The maximum absolute atomic E-state index is 12.7. The molecule has 0 saturated carbocycles. The molecule has 116 valence electrons. The molecule has 4 nitrogen and oxygen atoms in total. The van der Waals surface area contributed by atoms with Crippen LogP contribution in [0.1, 0.15) is 38.8 Å². The smallest absolute Gasteiger partial charge is 0.335 e. The lowest BCUT2D eigenvalue weighted by molar-refractivity contribution is -0.128. The topological polar surface area (TPSA) is 60.4 Å². The van der Waals surface area contributed by atoms with Gasteiger partial charge in [-0.2, -0.15) is 0 Å². The van der Waals surface area contributed by atoms with E-state index in [2.05, 4.69) is 6.58 Å². The van der Waals surface area contributed by atoms with E-state index in [1.54, 1.807) is 36.4 Å². The molecule has 2 aromatic carbocycles. The number of ether oxygens (including phenoxy) is 1. The van der Waals surface area contributed by atoms with Crippen LogP contribution in [0.25, 0.3) is 0 Å². The van der Waals surface area contributed by atoms with E-state index in [1.807, 2.05) is 6.92 Å². The van der Waals surface area contributed by atoms with Crippen molar-refractivity contribution in [2.75, 3.05) is 0 Å². The first-order valence-electron chi connectivity index (χ1n) is 7.03. The number of ketones is 2. The van der Waals surface area contributed by atoms with Crippen LogP contribution in [-0.4, -0.2) is 17.5 Å². The molecule has 0 aliphatic heterocycles. The molecule has 0 aromatic heterocycles. The quantitative estimate of drug-likeness (QED) is 0.367. The van der Waals surface area contributed by atoms with Crippen molar-refractivity contribution < 1.29 is 19.1 Å². The predicted molar refractivity (Wildman–Crippen MR) is 86.9 cm³/mol. The standard InChI is InChI=1S/C19H16O4/c1-4-18(21)23-17-9-8-12(2)10-16(17)19(22)15-7-5-6-14(11-15)13(3)20/h4-11H,1H2,2-3H3. The maximum Gasteiger partial charge on any atom is 0.335 e.